The predicted molar refractivity (Wildman–Crippen MR) is 81.3 cm³/mol. The Kier molecular flexibility index (Phi) is 5.79. The normalized spacial score (nSPS) is 11.5. The second kappa shape index (κ2) is 7.63. The summed E-state index contributed by atoms with van der Waals surface area (Å²) in [5.41, 5.74) is 0.908. The number of likely N-dealkylation sites (N-methyl/N-ethyl adjacent to an activating group) is 1. The van der Waals surface area contributed by atoms with Crippen LogP contribution in [0.15, 0.2) is 30.7 Å². The maximum atomic E-state index is 12.1. The lowest BCUT2D eigenvalue weighted by Gasteiger charge is -2.19. The van der Waals surface area contributed by atoms with Gasteiger partial charge >= 0.3 is 6.18 Å². The maximum Gasteiger partial charge on any atom is 0.411 e. The number of hydrogen-bond acceptors (Lipinski definition) is 4. The number of amides is 1. The summed E-state index contributed by atoms with van der Waals surface area (Å²) in [4.78, 5) is 17.2. The number of carbonyl (C=O) groups is 1. The molecular weight excluding hydrogens is 349 g/mol. The molecule has 10 heteroatoms. The Morgan fingerprint density at radius 2 is 2.21 bits per heavy atom. The van der Waals surface area contributed by atoms with Crippen molar-refractivity contribution in [3.05, 3.63) is 35.9 Å². The molecule has 0 atom stereocenters. The van der Waals surface area contributed by atoms with E-state index >= 15 is 0 Å². The van der Waals surface area contributed by atoms with Gasteiger partial charge in [0.2, 0.25) is 0 Å². The van der Waals surface area contributed by atoms with E-state index in [-0.39, 0.29) is 17.4 Å². The first-order valence-electron chi connectivity index (χ1n) is 6.92. The van der Waals surface area contributed by atoms with E-state index in [4.69, 9.17) is 11.6 Å². The Hall–Kier alpha value is -2.13. The molecule has 0 aliphatic heterocycles. The molecule has 0 aliphatic rings. The van der Waals surface area contributed by atoms with Gasteiger partial charge in [0.15, 0.2) is 5.15 Å². The Balaban J connectivity index is 2.13. The van der Waals surface area contributed by atoms with Gasteiger partial charge in [-0.25, -0.2) is 4.68 Å². The molecule has 0 saturated carbocycles. The van der Waals surface area contributed by atoms with Crippen molar-refractivity contribution in [1.82, 2.24) is 14.8 Å². The topological polar surface area (TPSA) is 60.2 Å². The van der Waals surface area contributed by atoms with E-state index in [0.717, 1.165) is 0 Å². The van der Waals surface area contributed by atoms with E-state index in [1.54, 1.807) is 31.5 Å². The van der Waals surface area contributed by atoms with Crippen LogP contribution in [0, 0.1) is 0 Å². The average Bonchev–Trinajstić information content (AvgIpc) is 2.90. The highest BCUT2D eigenvalue weighted by atomic mass is 35.5. The third-order valence-corrected chi connectivity index (χ3v) is 3.23. The molecular formula is C14H14ClF3N4O2. The first kappa shape index (κ1) is 18.2. The number of aromatic nitrogens is 3. The summed E-state index contributed by atoms with van der Waals surface area (Å²) in [5, 5.41) is 4.13. The van der Waals surface area contributed by atoms with E-state index < -0.39 is 25.3 Å². The zero-order valence-electron chi connectivity index (χ0n) is 12.6. The molecule has 0 spiro atoms. The largest absolute Gasteiger partial charge is 0.411 e. The Bertz CT molecular complexity index is 691. The summed E-state index contributed by atoms with van der Waals surface area (Å²) < 4.78 is 42.1. The molecule has 1 amide bonds. The van der Waals surface area contributed by atoms with Crippen LogP contribution in [-0.4, -0.2) is 46.6 Å². The van der Waals surface area contributed by atoms with Crippen molar-refractivity contribution in [2.24, 2.45) is 0 Å². The summed E-state index contributed by atoms with van der Waals surface area (Å²) in [6.07, 6.45) is 0.164. The second-order valence-electron chi connectivity index (χ2n) is 4.71. The Morgan fingerprint density at radius 1 is 1.46 bits per heavy atom. The second-order valence-corrected chi connectivity index (χ2v) is 5.06. The van der Waals surface area contributed by atoms with Crippen LogP contribution in [0.2, 0.25) is 5.15 Å². The number of hydrogen-bond donors (Lipinski definition) is 0. The van der Waals surface area contributed by atoms with Crippen LogP contribution in [0.4, 0.5) is 18.9 Å². The van der Waals surface area contributed by atoms with Crippen LogP contribution in [0.5, 0.6) is 0 Å². The van der Waals surface area contributed by atoms with Gasteiger partial charge in [0.05, 0.1) is 18.1 Å². The minimum Gasteiger partial charge on any atom is -0.362 e. The lowest BCUT2D eigenvalue weighted by atomic mass is 10.4. The maximum absolute atomic E-state index is 12.1. The third kappa shape index (κ3) is 4.68. The minimum absolute atomic E-state index is 0.0462. The van der Waals surface area contributed by atoms with Crippen LogP contribution in [-0.2, 0) is 9.53 Å². The van der Waals surface area contributed by atoms with Crippen molar-refractivity contribution in [1.29, 1.82) is 0 Å². The molecule has 2 heterocycles. The highest BCUT2D eigenvalue weighted by Crippen LogP contribution is 2.26. The van der Waals surface area contributed by atoms with Gasteiger partial charge in [0.1, 0.15) is 18.9 Å². The van der Waals surface area contributed by atoms with E-state index in [0.29, 0.717) is 5.69 Å². The van der Waals surface area contributed by atoms with Gasteiger partial charge in [-0.05, 0) is 19.1 Å². The molecule has 0 saturated heterocycles. The summed E-state index contributed by atoms with van der Waals surface area (Å²) in [6.45, 7) is -0.327. The number of pyridine rings is 1. The van der Waals surface area contributed by atoms with Crippen molar-refractivity contribution in [3.8, 4) is 5.69 Å². The van der Waals surface area contributed by atoms with Crippen molar-refractivity contribution >= 4 is 23.2 Å². The zero-order valence-corrected chi connectivity index (χ0v) is 13.4. The van der Waals surface area contributed by atoms with Crippen LogP contribution < -0.4 is 4.90 Å². The molecule has 0 aromatic carbocycles. The molecule has 130 valence electrons. The van der Waals surface area contributed by atoms with Gasteiger partial charge in [-0.1, -0.05) is 11.6 Å². The molecule has 2 aromatic rings. The summed E-state index contributed by atoms with van der Waals surface area (Å²) >= 11 is 6.05. The number of halogens is 4. The molecule has 0 fully saturated rings. The van der Waals surface area contributed by atoms with Crippen molar-refractivity contribution in [2.75, 3.05) is 24.7 Å². The molecule has 6 nitrogen and oxygen atoms in total. The van der Waals surface area contributed by atoms with E-state index in [2.05, 4.69) is 14.8 Å². The monoisotopic (exact) mass is 362 g/mol. The van der Waals surface area contributed by atoms with Crippen molar-refractivity contribution < 1.29 is 22.7 Å². The Labute approximate surface area is 140 Å². The van der Waals surface area contributed by atoms with E-state index in [1.165, 1.54) is 15.8 Å². The van der Waals surface area contributed by atoms with Gasteiger partial charge in [0, 0.05) is 12.7 Å². The SMILES string of the molecule is CCN(C(=O)COCC(F)(F)F)c1cn(-c2cccnc2)nc1Cl. The molecule has 2 aromatic heterocycles. The van der Waals surface area contributed by atoms with E-state index in [1.807, 2.05) is 0 Å². The number of alkyl halides is 3. The Morgan fingerprint density at radius 3 is 2.79 bits per heavy atom. The van der Waals surface area contributed by atoms with Gasteiger partial charge in [-0.15, -0.1) is 0 Å². The van der Waals surface area contributed by atoms with Gasteiger partial charge in [0.25, 0.3) is 5.91 Å². The number of anilines is 1. The van der Waals surface area contributed by atoms with Gasteiger partial charge in [-0.3, -0.25) is 9.78 Å². The number of nitrogens with zero attached hydrogens (tertiary/aromatic N) is 4. The predicted octanol–water partition coefficient (Wildman–Crippen LogP) is 2.85. The fraction of sp³-hybridized carbons (Fsp3) is 0.357. The number of rotatable bonds is 6. The van der Waals surface area contributed by atoms with Crippen molar-refractivity contribution in [3.63, 3.8) is 0 Å². The standard InChI is InChI=1S/C14H14ClF3N4O2/c1-2-21(12(23)8-24-9-14(16,17)18)11-7-22(20-13(11)15)10-4-3-5-19-6-10/h3-7H,2,8-9H2,1H3. The molecule has 0 radical (unpaired) electrons. The van der Waals surface area contributed by atoms with Crippen LogP contribution in [0.25, 0.3) is 5.69 Å². The lowest BCUT2D eigenvalue weighted by Crippen LogP contribution is -2.35. The number of ether oxygens (including phenoxy) is 1. The molecule has 0 unspecified atom stereocenters. The summed E-state index contributed by atoms with van der Waals surface area (Å²) in [6, 6.07) is 3.45. The molecule has 24 heavy (non-hydrogen) atoms. The fourth-order valence-corrected chi connectivity index (χ4v) is 2.19. The molecule has 2 rings (SSSR count). The summed E-state index contributed by atoms with van der Waals surface area (Å²) in [5.74, 6) is -0.644. The van der Waals surface area contributed by atoms with Crippen molar-refractivity contribution in [2.45, 2.75) is 13.1 Å². The molecule has 0 bridgehead atoms. The average molecular weight is 363 g/mol. The molecule has 0 N–H and O–H groups in total. The van der Waals surface area contributed by atoms with Crippen LogP contribution >= 0.6 is 11.6 Å². The number of carbonyl (C=O) groups excluding carboxylic acids is 1. The van der Waals surface area contributed by atoms with Gasteiger partial charge in [-0.2, -0.15) is 18.3 Å². The first-order chi connectivity index (χ1) is 11.3. The van der Waals surface area contributed by atoms with Gasteiger partial charge < -0.3 is 9.64 Å². The lowest BCUT2D eigenvalue weighted by molar-refractivity contribution is -0.175. The highest BCUT2D eigenvalue weighted by molar-refractivity contribution is 6.32. The smallest absolute Gasteiger partial charge is 0.362 e. The quantitative estimate of drug-likeness (QED) is 0.793. The van der Waals surface area contributed by atoms with Crippen LogP contribution in [0.3, 0.4) is 0 Å². The zero-order chi connectivity index (χ0) is 17.7. The first-order valence-corrected chi connectivity index (χ1v) is 7.30. The fourth-order valence-electron chi connectivity index (χ4n) is 1.96. The van der Waals surface area contributed by atoms with E-state index in [9.17, 15) is 18.0 Å². The molecule has 0 aliphatic carbocycles. The summed E-state index contributed by atoms with van der Waals surface area (Å²) in [7, 11) is 0. The highest BCUT2D eigenvalue weighted by Gasteiger charge is 2.28. The van der Waals surface area contributed by atoms with Crippen LogP contribution in [0.1, 0.15) is 6.92 Å². The third-order valence-electron chi connectivity index (χ3n) is 2.96. The minimum atomic E-state index is -4.49.